The molecule has 47 heavy (non-hydrogen) atoms. The van der Waals surface area contributed by atoms with Gasteiger partial charge in [-0.25, -0.2) is 4.79 Å². The third kappa shape index (κ3) is 10.4. The number of carbonyl (C=O) groups excluding carboxylic acids is 3. The highest BCUT2D eigenvalue weighted by atomic mass is 16.6. The molecule has 2 N–H and O–H groups in total. The smallest absolute Gasteiger partial charge is 0.408 e. The minimum atomic E-state index is -0.956. The second kappa shape index (κ2) is 16.8. The van der Waals surface area contributed by atoms with Crippen LogP contribution in [0.25, 0.3) is 10.8 Å². The summed E-state index contributed by atoms with van der Waals surface area (Å²) in [4.78, 5) is 44.0. The van der Waals surface area contributed by atoms with Crippen LogP contribution in [0.3, 0.4) is 0 Å². The maximum atomic E-state index is 14.8. The maximum Gasteiger partial charge on any atom is 0.408 e. The number of hydrogen-bond donors (Lipinski definition) is 2. The van der Waals surface area contributed by atoms with Gasteiger partial charge in [0.25, 0.3) is 5.91 Å². The van der Waals surface area contributed by atoms with Gasteiger partial charge in [0.2, 0.25) is 5.91 Å². The number of anilines is 1. The van der Waals surface area contributed by atoms with E-state index >= 15 is 0 Å². The van der Waals surface area contributed by atoms with E-state index in [1.54, 1.807) is 25.7 Å². The topological polar surface area (TPSA) is 87.7 Å². The number of nitrogens with one attached hydrogen (secondary N) is 2. The lowest BCUT2D eigenvalue weighted by molar-refractivity contribution is -0.140. The average Bonchev–Trinajstić information content (AvgIpc) is 3.03. The van der Waals surface area contributed by atoms with Gasteiger partial charge in [-0.15, -0.1) is 0 Å². The summed E-state index contributed by atoms with van der Waals surface area (Å²) in [6.45, 7) is 9.83. The largest absolute Gasteiger partial charge is 0.444 e. The first-order valence-electron chi connectivity index (χ1n) is 16.7. The summed E-state index contributed by atoms with van der Waals surface area (Å²) in [6.07, 6.45) is 4.46. The fraction of sp³-hybridized carbons (Fsp3) is 0.375. The molecule has 4 aromatic rings. The third-order valence-corrected chi connectivity index (χ3v) is 8.12. The summed E-state index contributed by atoms with van der Waals surface area (Å²) in [5.74, 6) is -0.649. The summed E-state index contributed by atoms with van der Waals surface area (Å²) in [6, 6.07) is 29.2. The van der Waals surface area contributed by atoms with E-state index in [1.165, 1.54) is 0 Å². The number of benzene rings is 4. The van der Waals surface area contributed by atoms with Crippen LogP contribution in [-0.4, -0.2) is 41.0 Å². The molecule has 0 saturated carbocycles. The zero-order valence-electron chi connectivity index (χ0n) is 28.4. The van der Waals surface area contributed by atoms with Crippen molar-refractivity contribution < 1.29 is 19.1 Å². The number of amides is 3. The van der Waals surface area contributed by atoms with E-state index in [4.69, 9.17) is 4.74 Å². The maximum absolute atomic E-state index is 14.8. The molecule has 0 spiro atoms. The Morgan fingerprint density at radius 3 is 2.15 bits per heavy atom. The predicted molar refractivity (Wildman–Crippen MR) is 190 cm³/mol. The van der Waals surface area contributed by atoms with E-state index in [1.807, 2.05) is 104 Å². The molecule has 0 aliphatic heterocycles. The predicted octanol–water partition coefficient (Wildman–Crippen LogP) is 8.76. The van der Waals surface area contributed by atoms with Crippen LogP contribution in [0.2, 0.25) is 0 Å². The number of aryl methyl sites for hydroxylation is 1. The molecule has 2 unspecified atom stereocenters. The zero-order valence-corrected chi connectivity index (χ0v) is 28.4. The average molecular weight is 636 g/mol. The molecule has 7 heteroatoms. The van der Waals surface area contributed by atoms with Gasteiger partial charge in [-0.2, -0.15) is 0 Å². The van der Waals surface area contributed by atoms with Crippen molar-refractivity contribution in [3.8, 4) is 0 Å². The number of hydrogen-bond acceptors (Lipinski definition) is 4. The number of carbonyl (C=O) groups is 3. The van der Waals surface area contributed by atoms with Crippen molar-refractivity contribution in [2.45, 2.75) is 90.8 Å². The van der Waals surface area contributed by atoms with Crippen LogP contribution in [-0.2, 0) is 20.7 Å². The monoisotopic (exact) mass is 635 g/mol. The zero-order chi connectivity index (χ0) is 33.8. The van der Waals surface area contributed by atoms with Crippen molar-refractivity contribution in [2.24, 2.45) is 0 Å². The van der Waals surface area contributed by atoms with Gasteiger partial charge in [-0.1, -0.05) is 118 Å². The van der Waals surface area contributed by atoms with Gasteiger partial charge in [0.15, 0.2) is 0 Å². The van der Waals surface area contributed by atoms with Crippen molar-refractivity contribution in [1.29, 1.82) is 0 Å². The minimum absolute atomic E-state index is 0.248. The van der Waals surface area contributed by atoms with Crippen molar-refractivity contribution in [3.05, 3.63) is 114 Å². The minimum Gasteiger partial charge on any atom is -0.444 e. The number of rotatable bonds is 14. The summed E-state index contributed by atoms with van der Waals surface area (Å²) in [7, 11) is 0. The lowest BCUT2D eigenvalue weighted by Crippen LogP contribution is -2.53. The Labute approximate surface area is 279 Å². The van der Waals surface area contributed by atoms with E-state index < -0.39 is 23.8 Å². The normalized spacial score (nSPS) is 12.6. The van der Waals surface area contributed by atoms with Gasteiger partial charge >= 0.3 is 6.09 Å². The standard InChI is InChI=1S/C40H49N3O4/c1-6-7-8-9-17-26-43(38(45)35(27-30-19-11-10-12-20-30)42-39(46)47-40(3,4)5)36(34-23-16-13-18-29(34)2)37(44)41-33-25-24-31-21-14-15-22-32(31)28-33/h10-16,18-25,28,35-36H,6-9,17,26-27H2,1-5H3,(H,41,44)(H,42,46). The highest BCUT2D eigenvalue weighted by Crippen LogP contribution is 2.29. The highest BCUT2D eigenvalue weighted by Gasteiger charge is 2.37. The SMILES string of the molecule is CCCCCCCN(C(=O)C(Cc1ccccc1)NC(=O)OC(C)(C)C)C(C(=O)Nc1ccc2ccccc2c1)c1ccccc1C. The molecule has 4 rings (SSSR count). The Kier molecular flexibility index (Phi) is 12.6. The third-order valence-electron chi connectivity index (χ3n) is 8.12. The van der Waals surface area contributed by atoms with Crippen molar-refractivity contribution >= 4 is 34.4 Å². The summed E-state index contributed by atoms with van der Waals surface area (Å²) in [5.41, 5.74) is 2.43. The van der Waals surface area contributed by atoms with Crippen LogP contribution in [0.5, 0.6) is 0 Å². The molecular formula is C40H49N3O4. The highest BCUT2D eigenvalue weighted by molar-refractivity contribution is 6.00. The Hall–Kier alpha value is -4.65. The first-order chi connectivity index (χ1) is 22.6. The van der Waals surface area contributed by atoms with Gasteiger partial charge < -0.3 is 20.3 Å². The van der Waals surface area contributed by atoms with Crippen molar-refractivity contribution in [1.82, 2.24) is 10.2 Å². The molecule has 0 aliphatic rings. The molecule has 2 atom stereocenters. The molecule has 4 aromatic carbocycles. The van der Waals surface area contributed by atoms with Crippen LogP contribution in [0.4, 0.5) is 10.5 Å². The van der Waals surface area contributed by atoms with E-state index in [0.717, 1.165) is 59.6 Å². The lowest BCUT2D eigenvalue weighted by atomic mass is 9.96. The van der Waals surface area contributed by atoms with E-state index in [9.17, 15) is 14.4 Å². The van der Waals surface area contributed by atoms with E-state index in [0.29, 0.717) is 12.2 Å². The first-order valence-corrected chi connectivity index (χ1v) is 16.7. The Bertz CT molecular complexity index is 1630. The fourth-order valence-electron chi connectivity index (χ4n) is 5.77. The second-order valence-electron chi connectivity index (χ2n) is 13.1. The Morgan fingerprint density at radius 2 is 1.45 bits per heavy atom. The van der Waals surface area contributed by atoms with Crippen LogP contribution < -0.4 is 10.6 Å². The van der Waals surface area contributed by atoms with Crippen molar-refractivity contribution in [2.75, 3.05) is 11.9 Å². The van der Waals surface area contributed by atoms with Gasteiger partial charge in [-0.3, -0.25) is 9.59 Å². The summed E-state index contributed by atoms with van der Waals surface area (Å²) in [5, 5.41) is 8.06. The van der Waals surface area contributed by atoms with Crippen LogP contribution in [0.15, 0.2) is 97.1 Å². The molecule has 0 radical (unpaired) electrons. The molecule has 0 fully saturated rings. The molecule has 0 heterocycles. The Balaban J connectivity index is 1.74. The van der Waals surface area contributed by atoms with Crippen LogP contribution in [0, 0.1) is 6.92 Å². The molecule has 0 aliphatic carbocycles. The number of ether oxygens (including phenoxy) is 1. The fourth-order valence-corrected chi connectivity index (χ4v) is 5.77. The molecule has 3 amide bonds. The lowest BCUT2D eigenvalue weighted by Gasteiger charge is -2.35. The number of unbranched alkanes of at least 4 members (excludes halogenated alkanes) is 4. The van der Waals surface area contributed by atoms with Crippen molar-refractivity contribution in [3.63, 3.8) is 0 Å². The molecule has 0 bridgehead atoms. The first kappa shape index (κ1) is 35.2. The summed E-state index contributed by atoms with van der Waals surface area (Å²) < 4.78 is 5.59. The number of nitrogens with zero attached hydrogens (tertiary/aromatic N) is 1. The molecule has 0 aromatic heterocycles. The van der Waals surface area contributed by atoms with Gasteiger partial charge in [-0.05, 0) is 73.7 Å². The molecule has 0 saturated heterocycles. The molecular weight excluding hydrogens is 586 g/mol. The van der Waals surface area contributed by atoms with Gasteiger partial charge in [0.05, 0.1) is 0 Å². The molecule has 248 valence electrons. The second-order valence-corrected chi connectivity index (χ2v) is 13.1. The van der Waals surface area contributed by atoms with Gasteiger partial charge in [0.1, 0.15) is 17.7 Å². The van der Waals surface area contributed by atoms with Crippen LogP contribution >= 0.6 is 0 Å². The number of alkyl carbamates (subject to hydrolysis) is 1. The Morgan fingerprint density at radius 1 is 0.787 bits per heavy atom. The van der Waals surface area contributed by atoms with Gasteiger partial charge in [0, 0.05) is 18.7 Å². The quantitative estimate of drug-likeness (QED) is 0.136. The summed E-state index contributed by atoms with van der Waals surface area (Å²) >= 11 is 0. The number of fused-ring (bicyclic) bond motifs is 1. The molecule has 7 nitrogen and oxygen atoms in total. The van der Waals surface area contributed by atoms with Crippen LogP contribution in [0.1, 0.15) is 82.5 Å². The van der Waals surface area contributed by atoms with E-state index in [2.05, 4.69) is 17.6 Å². The van der Waals surface area contributed by atoms with E-state index in [-0.39, 0.29) is 18.2 Å².